The standard InChI is InChI=1S/C20H19F3O2/c21-17-11-14(8-9-16(17)13-5-2-1-3-6-13)18(19(24)25)15-7-4-10-20(22,23)12-15/h1-3,5-6,8-9,11,15,18H,4,7,10,12H2,(H,24,25). The van der Waals surface area contributed by atoms with Crippen LogP contribution in [0.3, 0.4) is 0 Å². The fourth-order valence-electron chi connectivity index (χ4n) is 3.69. The minimum atomic E-state index is -2.85. The number of carboxylic acid groups (broad SMARTS) is 1. The lowest BCUT2D eigenvalue weighted by molar-refractivity contribution is -0.142. The van der Waals surface area contributed by atoms with E-state index in [0.29, 0.717) is 17.5 Å². The van der Waals surface area contributed by atoms with Crippen molar-refractivity contribution < 1.29 is 23.1 Å². The van der Waals surface area contributed by atoms with Crippen LogP contribution in [-0.2, 0) is 4.79 Å². The number of aliphatic carboxylic acids is 1. The maximum absolute atomic E-state index is 14.5. The highest BCUT2D eigenvalue weighted by atomic mass is 19.3. The number of rotatable bonds is 4. The van der Waals surface area contributed by atoms with Gasteiger partial charge >= 0.3 is 5.97 Å². The molecule has 1 saturated carbocycles. The molecule has 0 spiro atoms. The molecule has 1 aliphatic carbocycles. The fraction of sp³-hybridized carbons (Fsp3) is 0.350. The van der Waals surface area contributed by atoms with Gasteiger partial charge < -0.3 is 5.11 Å². The van der Waals surface area contributed by atoms with Crippen molar-refractivity contribution in [3.8, 4) is 11.1 Å². The molecule has 0 amide bonds. The first-order chi connectivity index (χ1) is 11.9. The lowest BCUT2D eigenvalue weighted by Crippen LogP contribution is -2.32. The Kier molecular flexibility index (Phi) is 4.84. The van der Waals surface area contributed by atoms with Crippen LogP contribution in [-0.4, -0.2) is 17.0 Å². The number of halogens is 3. The first-order valence-electron chi connectivity index (χ1n) is 8.33. The van der Waals surface area contributed by atoms with Crippen molar-refractivity contribution >= 4 is 5.97 Å². The van der Waals surface area contributed by atoms with E-state index in [1.165, 1.54) is 18.2 Å². The number of benzene rings is 2. The SMILES string of the molecule is O=C(O)C(c1ccc(-c2ccccc2)c(F)c1)C1CCCC(F)(F)C1. The lowest BCUT2D eigenvalue weighted by Gasteiger charge is -2.32. The molecule has 2 nitrogen and oxygen atoms in total. The summed E-state index contributed by atoms with van der Waals surface area (Å²) in [6, 6.07) is 13.1. The van der Waals surface area contributed by atoms with E-state index >= 15 is 0 Å². The second kappa shape index (κ2) is 6.90. The highest BCUT2D eigenvalue weighted by molar-refractivity contribution is 5.77. The monoisotopic (exact) mass is 348 g/mol. The minimum absolute atomic E-state index is 0.211. The van der Waals surface area contributed by atoms with Gasteiger partial charge in [-0.2, -0.15) is 0 Å². The van der Waals surface area contributed by atoms with E-state index in [4.69, 9.17) is 0 Å². The van der Waals surface area contributed by atoms with Gasteiger partial charge in [0.1, 0.15) is 5.82 Å². The van der Waals surface area contributed by atoms with Gasteiger partial charge in [-0.3, -0.25) is 4.79 Å². The van der Waals surface area contributed by atoms with E-state index in [1.807, 2.05) is 6.07 Å². The van der Waals surface area contributed by atoms with E-state index in [1.54, 1.807) is 24.3 Å². The molecule has 1 aliphatic rings. The van der Waals surface area contributed by atoms with Crippen LogP contribution in [0.2, 0.25) is 0 Å². The molecule has 2 aromatic rings. The Morgan fingerprint density at radius 2 is 1.88 bits per heavy atom. The zero-order valence-corrected chi connectivity index (χ0v) is 13.6. The van der Waals surface area contributed by atoms with Crippen LogP contribution in [0.15, 0.2) is 48.5 Å². The molecule has 0 aromatic heterocycles. The van der Waals surface area contributed by atoms with Crippen molar-refractivity contribution in [1.29, 1.82) is 0 Å². The van der Waals surface area contributed by atoms with Crippen LogP contribution in [0.5, 0.6) is 0 Å². The predicted molar refractivity (Wildman–Crippen MR) is 89.1 cm³/mol. The Balaban J connectivity index is 1.93. The molecule has 5 heteroatoms. The van der Waals surface area contributed by atoms with E-state index in [2.05, 4.69) is 0 Å². The summed E-state index contributed by atoms with van der Waals surface area (Å²) in [6.07, 6.45) is 0.0177. The zero-order chi connectivity index (χ0) is 18.0. The third-order valence-electron chi connectivity index (χ3n) is 4.85. The molecule has 1 fully saturated rings. The molecule has 0 heterocycles. The summed E-state index contributed by atoms with van der Waals surface area (Å²) in [5.74, 6) is -6.39. The van der Waals surface area contributed by atoms with Gasteiger partial charge in [0.25, 0.3) is 0 Å². The molecule has 2 atom stereocenters. The quantitative estimate of drug-likeness (QED) is 0.794. The molecule has 2 unspecified atom stereocenters. The molecule has 132 valence electrons. The van der Waals surface area contributed by atoms with Crippen molar-refractivity contribution in [2.24, 2.45) is 5.92 Å². The molecule has 3 rings (SSSR count). The maximum atomic E-state index is 14.5. The van der Waals surface area contributed by atoms with Gasteiger partial charge in [0.05, 0.1) is 5.92 Å². The molecular weight excluding hydrogens is 329 g/mol. The Bertz CT molecular complexity index is 759. The first kappa shape index (κ1) is 17.5. The van der Waals surface area contributed by atoms with E-state index in [0.717, 1.165) is 0 Å². The maximum Gasteiger partial charge on any atom is 0.311 e. The molecule has 25 heavy (non-hydrogen) atoms. The Morgan fingerprint density at radius 1 is 1.16 bits per heavy atom. The van der Waals surface area contributed by atoms with Crippen molar-refractivity contribution in [3.63, 3.8) is 0 Å². The summed E-state index contributed by atoms with van der Waals surface area (Å²) in [5.41, 5.74) is 1.29. The second-order valence-corrected chi connectivity index (χ2v) is 6.63. The van der Waals surface area contributed by atoms with Gasteiger partial charge in [-0.1, -0.05) is 42.5 Å². The molecule has 0 bridgehead atoms. The fourth-order valence-corrected chi connectivity index (χ4v) is 3.69. The zero-order valence-electron chi connectivity index (χ0n) is 13.6. The first-order valence-corrected chi connectivity index (χ1v) is 8.33. The van der Waals surface area contributed by atoms with Gasteiger partial charge in [0.2, 0.25) is 5.92 Å². The smallest absolute Gasteiger partial charge is 0.311 e. The van der Waals surface area contributed by atoms with Gasteiger partial charge in [-0.05, 0) is 36.0 Å². The highest BCUT2D eigenvalue weighted by Gasteiger charge is 2.42. The van der Waals surface area contributed by atoms with Crippen molar-refractivity contribution in [1.82, 2.24) is 0 Å². The Hall–Kier alpha value is -2.30. The van der Waals surface area contributed by atoms with Crippen LogP contribution < -0.4 is 0 Å². The van der Waals surface area contributed by atoms with Crippen molar-refractivity contribution in [2.75, 3.05) is 0 Å². The Morgan fingerprint density at radius 3 is 2.48 bits per heavy atom. The largest absolute Gasteiger partial charge is 0.481 e. The second-order valence-electron chi connectivity index (χ2n) is 6.63. The molecule has 0 aliphatic heterocycles. The molecule has 0 saturated heterocycles. The van der Waals surface area contributed by atoms with E-state index < -0.39 is 36.0 Å². The van der Waals surface area contributed by atoms with Gasteiger partial charge in [-0.15, -0.1) is 0 Å². The number of carboxylic acids is 1. The van der Waals surface area contributed by atoms with Gasteiger partial charge in [0.15, 0.2) is 0 Å². The molecule has 1 N–H and O–H groups in total. The van der Waals surface area contributed by atoms with Gasteiger partial charge in [-0.25, -0.2) is 13.2 Å². The summed E-state index contributed by atoms with van der Waals surface area (Å²) in [7, 11) is 0. The summed E-state index contributed by atoms with van der Waals surface area (Å²) >= 11 is 0. The number of carbonyl (C=O) groups is 1. The topological polar surface area (TPSA) is 37.3 Å². The number of hydrogen-bond donors (Lipinski definition) is 1. The summed E-state index contributed by atoms with van der Waals surface area (Å²) < 4.78 is 41.9. The van der Waals surface area contributed by atoms with Gasteiger partial charge in [0, 0.05) is 18.4 Å². The van der Waals surface area contributed by atoms with Crippen molar-refractivity contribution in [3.05, 3.63) is 59.9 Å². The molecule has 0 radical (unpaired) electrons. The van der Waals surface area contributed by atoms with Crippen LogP contribution in [0, 0.1) is 11.7 Å². The molecular formula is C20H19F3O2. The summed E-state index contributed by atoms with van der Waals surface area (Å²) in [6.45, 7) is 0. The van der Waals surface area contributed by atoms with Crippen LogP contribution in [0.25, 0.3) is 11.1 Å². The molecule has 2 aromatic carbocycles. The third kappa shape index (κ3) is 3.86. The average Bonchev–Trinajstić information content (AvgIpc) is 2.55. The minimum Gasteiger partial charge on any atom is -0.481 e. The van der Waals surface area contributed by atoms with E-state index in [-0.39, 0.29) is 18.4 Å². The Labute approximate surface area is 144 Å². The van der Waals surface area contributed by atoms with Crippen LogP contribution >= 0.6 is 0 Å². The van der Waals surface area contributed by atoms with E-state index in [9.17, 15) is 23.1 Å². The average molecular weight is 348 g/mol. The summed E-state index contributed by atoms with van der Waals surface area (Å²) in [4.78, 5) is 11.7. The third-order valence-corrected chi connectivity index (χ3v) is 4.85. The van der Waals surface area contributed by atoms with Crippen LogP contribution in [0.4, 0.5) is 13.2 Å². The summed E-state index contributed by atoms with van der Waals surface area (Å²) in [5, 5.41) is 9.56. The number of alkyl halides is 2. The predicted octanol–water partition coefficient (Wildman–Crippen LogP) is 5.49. The van der Waals surface area contributed by atoms with Crippen LogP contribution in [0.1, 0.15) is 37.2 Å². The normalized spacial score (nSPS) is 20.8. The van der Waals surface area contributed by atoms with Crippen molar-refractivity contribution in [2.45, 2.75) is 37.5 Å². The lowest BCUT2D eigenvalue weighted by atomic mass is 9.75. The number of hydrogen-bond acceptors (Lipinski definition) is 1. The highest BCUT2D eigenvalue weighted by Crippen LogP contribution is 2.43.